The summed E-state index contributed by atoms with van der Waals surface area (Å²) < 4.78 is 29.6. The molecule has 0 spiro atoms. The maximum atomic E-state index is 13.1. The van der Waals surface area contributed by atoms with Crippen LogP contribution >= 0.6 is 11.6 Å². The zero-order chi connectivity index (χ0) is 22.0. The Kier molecular flexibility index (Phi) is 7.02. The van der Waals surface area contributed by atoms with E-state index in [1.54, 1.807) is 11.8 Å². The molecule has 30 heavy (non-hydrogen) atoms. The molecule has 1 aromatic heterocycles. The number of aliphatic hydroxyl groups is 1. The lowest BCUT2D eigenvalue weighted by Crippen LogP contribution is -2.48. The molecule has 1 aliphatic heterocycles. The highest BCUT2D eigenvalue weighted by Gasteiger charge is 2.30. The van der Waals surface area contributed by atoms with Gasteiger partial charge >= 0.3 is 0 Å². The summed E-state index contributed by atoms with van der Waals surface area (Å²) in [6, 6.07) is 2.98. The first-order valence-electron chi connectivity index (χ1n) is 9.57. The number of aromatic nitrogens is 2. The van der Waals surface area contributed by atoms with Gasteiger partial charge in [0, 0.05) is 18.7 Å². The van der Waals surface area contributed by atoms with E-state index >= 15 is 0 Å². The smallest absolute Gasteiger partial charge is 0.220 e. The molecule has 1 aliphatic rings. The molecule has 3 rings (SSSR count). The van der Waals surface area contributed by atoms with Gasteiger partial charge in [-0.3, -0.25) is 4.79 Å². The topological polar surface area (TPSA) is 122 Å². The minimum Gasteiger partial charge on any atom is -0.493 e. The number of carbonyl (C=O) groups is 1. The molecular formula is C19H24ClN3O6S. The van der Waals surface area contributed by atoms with E-state index in [2.05, 4.69) is 5.10 Å². The van der Waals surface area contributed by atoms with Crippen LogP contribution in [0.1, 0.15) is 41.8 Å². The fourth-order valence-corrected chi connectivity index (χ4v) is 4.45. The van der Waals surface area contributed by atoms with E-state index in [0.29, 0.717) is 30.8 Å². The molecule has 11 heteroatoms. The summed E-state index contributed by atoms with van der Waals surface area (Å²) in [5, 5.41) is 24.4. The van der Waals surface area contributed by atoms with Crippen molar-refractivity contribution in [3.63, 3.8) is 0 Å². The summed E-state index contributed by atoms with van der Waals surface area (Å²) in [6.45, 7) is 4.53. The van der Waals surface area contributed by atoms with Crippen molar-refractivity contribution in [1.29, 1.82) is 0 Å². The van der Waals surface area contributed by atoms with Crippen LogP contribution in [0, 0.1) is 0 Å². The van der Waals surface area contributed by atoms with Crippen molar-refractivity contribution in [2.75, 3.05) is 18.0 Å². The van der Waals surface area contributed by atoms with Crippen LogP contribution in [-0.4, -0.2) is 59.7 Å². The second-order valence-electron chi connectivity index (χ2n) is 6.98. The molecule has 0 saturated carbocycles. The molecule has 1 saturated heterocycles. The Hall–Kier alpha value is -2.14. The fraction of sp³-hybridized carbons (Fsp3) is 0.474. The minimum absolute atomic E-state index is 0.000739. The van der Waals surface area contributed by atoms with Crippen LogP contribution in [0.15, 0.2) is 18.3 Å². The van der Waals surface area contributed by atoms with Crippen molar-refractivity contribution >= 4 is 33.8 Å². The number of hydrogen-bond donors (Lipinski definition) is 3. The number of anilines is 1. The zero-order valence-corrected chi connectivity index (χ0v) is 18.3. The van der Waals surface area contributed by atoms with E-state index in [0.717, 1.165) is 0 Å². The van der Waals surface area contributed by atoms with E-state index in [1.807, 2.05) is 6.92 Å². The quantitative estimate of drug-likeness (QED) is 0.422. The molecule has 164 valence electrons. The second-order valence-corrected chi connectivity index (χ2v) is 8.34. The first-order chi connectivity index (χ1) is 14.3. The number of thiol groups is 1. The maximum Gasteiger partial charge on any atom is 0.220 e. The third-order valence-corrected chi connectivity index (χ3v) is 6.00. The Bertz CT molecular complexity index is 1010. The number of halogens is 1. The average Bonchev–Trinajstić information content (AvgIpc) is 3.07. The van der Waals surface area contributed by atoms with Gasteiger partial charge in [-0.1, -0.05) is 24.6 Å². The molecule has 0 bridgehead atoms. The average molecular weight is 458 g/mol. The van der Waals surface area contributed by atoms with Gasteiger partial charge in [-0.15, -0.1) is 0 Å². The van der Waals surface area contributed by atoms with Crippen molar-refractivity contribution in [2.45, 2.75) is 45.0 Å². The number of rotatable bonds is 7. The van der Waals surface area contributed by atoms with Crippen LogP contribution in [-0.2, 0) is 27.7 Å². The van der Waals surface area contributed by atoms with Gasteiger partial charge in [0.25, 0.3) is 0 Å². The molecule has 2 unspecified atom stereocenters. The van der Waals surface area contributed by atoms with E-state index in [1.165, 1.54) is 23.0 Å². The van der Waals surface area contributed by atoms with Crippen LogP contribution < -0.4 is 4.90 Å². The molecule has 0 amide bonds. The van der Waals surface area contributed by atoms with Crippen LogP contribution in [0.5, 0.6) is 5.88 Å². The Balaban J connectivity index is 2.09. The number of hydrogen-bond acceptors (Lipinski definition) is 8. The number of carbonyl (C=O) groups excluding carboxylic acids is 1. The molecule has 0 radical (unpaired) electrons. The fourth-order valence-electron chi connectivity index (χ4n) is 3.53. The molecule has 2 atom stereocenters. The summed E-state index contributed by atoms with van der Waals surface area (Å²) in [5.74, 6) is -1.06. The molecule has 9 nitrogen and oxygen atoms in total. The van der Waals surface area contributed by atoms with Crippen molar-refractivity contribution in [2.24, 2.45) is 0 Å². The van der Waals surface area contributed by atoms with Crippen molar-refractivity contribution in [3.8, 4) is 5.88 Å². The SMILES string of the molecule is CCC1CN(c2c(C[SH](=O)=O)ccc(C(=O)c3cnn(CC)c3O)c2Cl)CC(O)O1. The second kappa shape index (κ2) is 9.34. The molecule has 1 aromatic carbocycles. The van der Waals surface area contributed by atoms with Crippen LogP contribution in [0.3, 0.4) is 0 Å². The number of benzene rings is 1. The summed E-state index contributed by atoms with van der Waals surface area (Å²) in [6.07, 6.45) is 0.564. The number of ether oxygens (including phenoxy) is 1. The van der Waals surface area contributed by atoms with Gasteiger partial charge in [0.2, 0.25) is 11.7 Å². The predicted octanol–water partition coefficient (Wildman–Crippen LogP) is 1.54. The normalized spacial score (nSPS) is 19.4. The first-order valence-corrected chi connectivity index (χ1v) is 11.3. The monoisotopic (exact) mass is 457 g/mol. The Labute approximate surface area is 180 Å². The lowest BCUT2D eigenvalue weighted by molar-refractivity contribution is -0.143. The van der Waals surface area contributed by atoms with Gasteiger partial charge in [0.05, 0.1) is 35.3 Å². The molecule has 0 aliphatic carbocycles. The van der Waals surface area contributed by atoms with Crippen molar-refractivity contribution < 1.29 is 28.2 Å². The zero-order valence-electron chi connectivity index (χ0n) is 16.6. The maximum absolute atomic E-state index is 13.1. The largest absolute Gasteiger partial charge is 0.493 e. The Morgan fingerprint density at radius 3 is 2.63 bits per heavy atom. The van der Waals surface area contributed by atoms with E-state index in [9.17, 15) is 23.4 Å². The van der Waals surface area contributed by atoms with Gasteiger partial charge in [-0.05, 0) is 25.0 Å². The van der Waals surface area contributed by atoms with Crippen LogP contribution in [0.25, 0.3) is 0 Å². The van der Waals surface area contributed by atoms with E-state index in [4.69, 9.17) is 16.3 Å². The summed E-state index contributed by atoms with van der Waals surface area (Å²) >= 11 is 6.62. The summed E-state index contributed by atoms with van der Waals surface area (Å²) in [5.41, 5.74) is 0.896. The number of aromatic hydroxyl groups is 1. The number of aliphatic hydroxyl groups excluding tert-OH is 1. The van der Waals surface area contributed by atoms with Gasteiger partial charge in [-0.25, -0.2) is 13.1 Å². The summed E-state index contributed by atoms with van der Waals surface area (Å²) in [7, 11) is -2.74. The van der Waals surface area contributed by atoms with Gasteiger partial charge in [0.1, 0.15) is 16.3 Å². The number of morpholine rings is 1. The third kappa shape index (κ3) is 4.46. The third-order valence-electron chi connectivity index (χ3n) is 5.02. The lowest BCUT2D eigenvalue weighted by atomic mass is 10.0. The highest BCUT2D eigenvalue weighted by Crippen LogP contribution is 2.37. The predicted molar refractivity (Wildman–Crippen MR) is 112 cm³/mol. The molecule has 2 aromatic rings. The van der Waals surface area contributed by atoms with Crippen LogP contribution in [0.4, 0.5) is 5.69 Å². The molecular weight excluding hydrogens is 434 g/mol. The number of aryl methyl sites for hydroxylation is 1. The first kappa shape index (κ1) is 22.5. The van der Waals surface area contributed by atoms with Crippen molar-refractivity contribution in [1.82, 2.24) is 9.78 Å². The molecule has 2 N–H and O–H groups in total. The number of ketones is 1. The molecule has 2 heterocycles. The number of β-amino-alcohol motifs (C(OH)–C–C–N with tert-alkyl or cyclic N) is 1. The molecule has 1 fully saturated rings. The highest BCUT2D eigenvalue weighted by molar-refractivity contribution is 7.71. The Morgan fingerprint density at radius 2 is 2.03 bits per heavy atom. The van der Waals surface area contributed by atoms with Gasteiger partial charge < -0.3 is 19.8 Å². The van der Waals surface area contributed by atoms with E-state index < -0.39 is 22.8 Å². The highest BCUT2D eigenvalue weighted by atomic mass is 35.5. The Morgan fingerprint density at radius 1 is 1.30 bits per heavy atom. The number of nitrogens with zero attached hydrogens (tertiary/aromatic N) is 3. The van der Waals surface area contributed by atoms with Gasteiger partial charge in [0.15, 0.2) is 6.29 Å². The standard InChI is InChI=1S/C19H24ClN3O6S/c1-3-12-8-22(9-15(24)29-12)17-11(10-30(27)28)5-6-13(16(17)20)18(25)14-7-21-23(4-2)19(14)26/h5-7,12,15,24,26,30H,3-4,8-10H2,1-2H3. The van der Waals surface area contributed by atoms with Crippen LogP contribution in [0.2, 0.25) is 5.02 Å². The van der Waals surface area contributed by atoms with Gasteiger partial charge in [-0.2, -0.15) is 5.10 Å². The van der Waals surface area contributed by atoms with Crippen molar-refractivity contribution in [3.05, 3.63) is 40.0 Å². The summed E-state index contributed by atoms with van der Waals surface area (Å²) in [4.78, 5) is 14.8. The lowest BCUT2D eigenvalue weighted by Gasteiger charge is -2.38. The minimum atomic E-state index is -2.74. The van der Waals surface area contributed by atoms with E-state index in [-0.39, 0.29) is 40.4 Å².